The van der Waals surface area contributed by atoms with E-state index in [4.69, 9.17) is 0 Å². The molecule has 3 rings (SSSR count). The molecule has 1 saturated carbocycles. The Morgan fingerprint density at radius 3 is 2.68 bits per heavy atom. The Kier molecular flexibility index (Phi) is 4.46. The van der Waals surface area contributed by atoms with E-state index in [1.807, 2.05) is 28.0 Å². The van der Waals surface area contributed by atoms with Gasteiger partial charge in [0.1, 0.15) is 0 Å². The predicted octanol–water partition coefficient (Wildman–Crippen LogP) is 2.76. The molecular formula is C18H24N2O2. The third kappa shape index (κ3) is 3.01. The molecule has 0 atom stereocenters. The van der Waals surface area contributed by atoms with Gasteiger partial charge in [0.2, 0.25) is 11.8 Å². The van der Waals surface area contributed by atoms with Gasteiger partial charge in [-0.15, -0.1) is 0 Å². The van der Waals surface area contributed by atoms with Gasteiger partial charge in [-0.05, 0) is 30.9 Å². The highest BCUT2D eigenvalue weighted by Gasteiger charge is 2.27. The Balaban J connectivity index is 1.61. The van der Waals surface area contributed by atoms with Gasteiger partial charge in [-0.1, -0.05) is 31.0 Å². The van der Waals surface area contributed by atoms with Gasteiger partial charge in [0.15, 0.2) is 0 Å². The lowest BCUT2D eigenvalue weighted by Crippen LogP contribution is -2.40. The number of anilines is 1. The Hall–Kier alpha value is -1.84. The standard InChI is InChI=1S/C18H24N2O2/c1-14(21)19(16-7-3-4-8-16)13-11-18(22)20-12-10-15-6-2-5-9-17(15)20/h2,5-6,9,16H,3-4,7-8,10-13H2,1H3. The summed E-state index contributed by atoms with van der Waals surface area (Å²) in [5, 5.41) is 0. The topological polar surface area (TPSA) is 40.6 Å². The third-order valence-electron chi connectivity index (χ3n) is 4.92. The van der Waals surface area contributed by atoms with E-state index in [-0.39, 0.29) is 11.8 Å². The smallest absolute Gasteiger partial charge is 0.228 e. The van der Waals surface area contributed by atoms with Crippen molar-refractivity contribution in [2.75, 3.05) is 18.0 Å². The molecule has 1 aliphatic carbocycles. The molecule has 1 aliphatic heterocycles. The van der Waals surface area contributed by atoms with Crippen molar-refractivity contribution in [1.29, 1.82) is 0 Å². The average molecular weight is 300 g/mol. The minimum Gasteiger partial charge on any atom is -0.339 e. The first kappa shape index (κ1) is 15.1. The zero-order valence-corrected chi connectivity index (χ0v) is 13.3. The van der Waals surface area contributed by atoms with Crippen molar-refractivity contribution in [1.82, 2.24) is 4.90 Å². The predicted molar refractivity (Wildman–Crippen MR) is 86.8 cm³/mol. The van der Waals surface area contributed by atoms with Gasteiger partial charge in [0, 0.05) is 38.2 Å². The molecule has 1 aromatic rings. The summed E-state index contributed by atoms with van der Waals surface area (Å²) in [6.07, 6.45) is 5.91. The van der Waals surface area contributed by atoms with E-state index in [1.54, 1.807) is 6.92 Å². The highest BCUT2D eigenvalue weighted by Crippen LogP contribution is 2.28. The van der Waals surface area contributed by atoms with Crippen molar-refractivity contribution in [3.63, 3.8) is 0 Å². The normalized spacial score (nSPS) is 17.6. The summed E-state index contributed by atoms with van der Waals surface area (Å²) < 4.78 is 0. The number of para-hydroxylation sites is 1. The van der Waals surface area contributed by atoms with Gasteiger partial charge in [-0.25, -0.2) is 0 Å². The Morgan fingerprint density at radius 1 is 1.23 bits per heavy atom. The molecule has 2 aliphatic rings. The molecule has 0 radical (unpaired) electrons. The Labute approximate surface area is 132 Å². The van der Waals surface area contributed by atoms with Crippen LogP contribution in [0.2, 0.25) is 0 Å². The minimum atomic E-state index is 0.0986. The number of rotatable bonds is 4. The molecule has 0 unspecified atom stereocenters. The van der Waals surface area contributed by atoms with Crippen LogP contribution in [0.3, 0.4) is 0 Å². The zero-order chi connectivity index (χ0) is 15.5. The van der Waals surface area contributed by atoms with E-state index >= 15 is 0 Å². The van der Waals surface area contributed by atoms with E-state index in [1.165, 1.54) is 18.4 Å². The molecule has 22 heavy (non-hydrogen) atoms. The average Bonchev–Trinajstić information content (AvgIpc) is 3.16. The van der Waals surface area contributed by atoms with Crippen LogP contribution >= 0.6 is 0 Å². The van der Waals surface area contributed by atoms with E-state index in [2.05, 4.69) is 6.07 Å². The fraction of sp³-hybridized carbons (Fsp3) is 0.556. The summed E-state index contributed by atoms with van der Waals surface area (Å²) in [7, 11) is 0. The van der Waals surface area contributed by atoms with Crippen LogP contribution in [0, 0.1) is 0 Å². The maximum absolute atomic E-state index is 12.5. The first-order chi connectivity index (χ1) is 10.7. The van der Waals surface area contributed by atoms with Gasteiger partial charge in [0.25, 0.3) is 0 Å². The van der Waals surface area contributed by atoms with Crippen molar-refractivity contribution in [3.8, 4) is 0 Å². The second-order valence-corrected chi connectivity index (χ2v) is 6.32. The van der Waals surface area contributed by atoms with Gasteiger partial charge >= 0.3 is 0 Å². The maximum Gasteiger partial charge on any atom is 0.228 e. The highest BCUT2D eigenvalue weighted by molar-refractivity contribution is 5.95. The third-order valence-corrected chi connectivity index (χ3v) is 4.92. The molecule has 1 aromatic carbocycles. The second kappa shape index (κ2) is 6.51. The van der Waals surface area contributed by atoms with E-state index in [0.717, 1.165) is 31.5 Å². The second-order valence-electron chi connectivity index (χ2n) is 6.32. The monoisotopic (exact) mass is 300 g/mol. The summed E-state index contributed by atoms with van der Waals surface area (Å²) in [6, 6.07) is 8.44. The van der Waals surface area contributed by atoms with E-state index < -0.39 is 0 Å². The van der Waals surface area contributed by atoms with Crippen molar-refractivity contribution in [2.45, 2.75) is 51.5 Å². The van der Waals surface area contributed by atoms with Gasteiger partial charge < -0.3 is 9.80 Å². The number of benzene rings is 1. The molecule has 118 valence electrons. The first-order valence-corrected chi connectivity index (χ1v) is 8.32. The number of carbonyl (C=O) groups excluding carboxylic acids is 2. The largest absolute Gasteiger partial charge is 0.339 e. The number of amides is 2. The fourth-order valence-corrected chi connectivity index (χ4v) is 3.76. The van der Waals surface area contributed by atoms with Crippen LogP contribution < -0.4 is 4.90 Å². The number of nitrogens with zero attached hydrogens (tertiary/aromatic N) is 2. The number of fused-ring (bicyclic) bond motifs is 1. The molecule has 4 heteroatoms. The molecule has 0 N–H and O–H groups in total. The van der Waals surface area contributed by atoms with E-state index in [9.17, 15) is 9.59 Å². The Bertz CT molecular complexity index is 564. The zero-order valence-electron chi connectivity index (χ0n) is 13.3. The Morgan fingerprint density at radius 2 is 1.95 bits per heavy atom. The number of carbonyl (C=O) groups is 2. The minimum absolute atomic E-state index is 0.0986. The van der Waals surface area contributed by atoms with Crippen molar-refractivity contribution in [3.05, 3.63) is 29.8 Å². The number of hydrogen-bond acceptors (Lipinski definition) is 2. The van der Waals surface area contributed by atoms with Gasteiger partial charge in [-0.2, -0.15) is 0 Å². The summed E-state index contributed by atoms with van der Waals surface area (Å²) in [6.45, 7) is 2.94. The molecule has 0 spiro atoms. The lowest BCUT2D eigenvalue weighted by Gasteiger charge is -2.28. The van der Waals surface area contributed by atoms with Crippen LogP contribution in [0.1, 0.15) is 44.6 Å². The van der Waals surface area contributed by atoms with Crippen LogP contribution in [0.15, 0.2) is 24.3 Å². The molecule has 1 heterocycles. The van der Waals surface area contributed by atoms with Crippen LogP contribution in [-0.2, 0) is 16.0 Å². The summed E-state index contributed by atoms with van der Waals surface area (Å²) >= 11 is 0. The molecule has 2 amide bonds. The van der Waals surface area contributed by atoms with Crippen LogP contribution in [0.25, 0.3) is 0 Å². The molecule has 4 nitrogen and oxygen atoms in total. The first-order valence-electron chi connectivity index (χ1n) is 8.32. The highest BCUT2D eigenvalue weighted by atomic mass is 16.2. The molecule has 1 fully saturated rings. The summed E-state index contributed by atoms with van der Waals surface area (Å²) in [5.41, 5.74) is 2.29. The SMILES string of the molecule is CC(=O)N(CCC(=O)N1CCc2ccccc21)C1CCCC1. The van der Waals surface area contributed by atoms with Crippen LogP contribution in [-0.4, -0.2) is 35.8 Å². The molecule has 0 aromatic heterocycles. The quantitative estimate of drug-likeness (QED) is 0.858. The van der Waals surface area contributed by atoms with Crippen molar-refractivity contribution < 1.29 is 9.59 Å². The van der Waals surface area contributed by atoms with Crippen LogP contribution in [0.4, 0.5) is 5.69 Å². The lowest BCUT2D eigenvalue weighted by molar-refractivity contribution is -0.131. The van der Waals surface area contributed by atoms with Gasteiger partial charge in [0.05, 0.1) is 0 Å². The molecule has 0 saturated heterocycles. The van der Waals surface area contributed by atoms with Gasteiger partial charge in [-0.3, -0.25) is 9.59 Å². The molecular weight excluding hydrogens is 276 g/mol. The number of hydrogen-bond donors (Lipinski definition) is 0. The molecule has 0 bridgehead atoms. The van der Waals surface area contributed by atoms with Crippen LogP contribution in [0.5, 0.6) is 0 Å². The van der Waals surface area contributed by atoms with Crippen molar-refractivity contribution >= 4 is 17.5 Å². The summed E-state index contributed by atoms with van der Waals surface area (Å²) in [4.78, 5) is 28.2. The maximum atomic E-state index is 12.5. The fourth-order valence-electron chi connectivity index (χ4n) is 3.76. The van der Waals surface area contributed by atoms with E-state index in [0.29, 0.717) is 19.0 Å². The summed E-state index contributed by atoms with van der Waals surface area (Å²) in [5.74, 6) is 0.232. The lowest BCUT2D eigenvalue weighted by atomic mass is 10.2. The van der Waals surface area contributed by atoms with Crippen molar-refractivity contribution in [2.24, 2.45) is 0 Å².